The summed E-state index contributed by atoms with van der Waals surface area (Å²) in [5, 5.41) is 15.5. The van der Waals surface area contributed by atoms with Crippen LogP contribution in [0.5, 0.6) is 0 Å². The van der Waals surface area contributed by atoms with Gasteiger partial charge in [-0.2, -0.15) is 0 Å². The van der Waals surface area contributed by atoms with E-state index in [1.807, 2.05) is 0 Å². The van der Waals surface area contributed by atoms with E-state index in [4.69, 9.17) is 0 Å². The lowest BCUT2D eigenvalue weighted by atomic mass is 10.0. The second-order valence-electron chi connectivity index (χ2n) is 12.5. The van der Waals surface area contributed by atoms with E-state index in [9.17, 15) is 5.11 Å². The van der Waals surface area contributed by atoms with Gasteiger partial charge < -0.3 is 5.11 Å². The molecule has 0 amide bonds. The molecule has 0 saturated heterocycles. The maximum Gasteiger partial charge on any atom is 0.113 e. The first-order chi connectivity index (χ1) is 17.8. The Labute approximate surface area is 232 Å². The quantitative estimate of drug-likeness (QED) is 0.131. The van der Waals surface area contributed by atoms with Crippen molar-refractivity contribution >= 4 is 26.5 Å². The molecule has 0 aliphatic rings. The molecule has 0 aromatic heterocycles. The van der Waals surface area contributed by atoms with Gasteiger partial charge in [-0.1, -0.05) is 200 Å². The molecule has 0 bridgehead atoms. The molecule has 0 unspecified atom stereocenters. The van der Waals surface area contributed by atoms with Gasteiger partial charge in [-0.15, -0.1) is 0 Å². The lowest BCUT2D eigenvalue weighted by Gasteiger charge is -2.51. The van der Waals surface area contributed by atoms with Crippen LogP contribution in [0.25, 0.3) is 0 Å². The summed E-state index contributed by atoms with van der Waals surface area (Å²) in [5.74, 6) is 0. The van der Waals surface area contributed by atoms with Crippen LogP contribution in [0.2, 0.25) is 26.2 Å². The summed E-state index contributed by atoms with van der Waals surface area (Å²) in [6.45, 7) is 11.9. The average Bonchev–Trinajstić information content (AvgIpc) is 2.91. The monoisotopic (exact) mass is 538 g/mol. The Morgan fingerprint density at radius 1 is 0.486 bits per heavy atom. The van der Waals surface area contributed by atoms with Crippen molar-refractivity contribution in [1.29, 1.82) is 0 Å². The Kier molecular flexibility index (Phi) is 14.5. The molecule has 0 spiro atoms. The van der Waals surface area contributed by atoms with Gasteiger partial charge in [-0.05, 0) is 6.42 Å². The third-order valence-electron chi connectivity index (χ3n) is 9.20. The largest absolute Gasteiger partial charge is 0.396 e. The summed E-state index contributed by atoms with van der Waals surface area (Å²) in [6, 6.07) is 21.8. The van der Waals surface area contributed by atoms with Gasteiger partial charge in [0.1, 0.15) is 16.1 Å². The van der Waals surface area contributed by atoms with Crippen LogP contribution in [0.15, 0.2) is 60.7 Å². The zero-order valence-corrected chi connectivity index (χ0v) is 27.0. The molecule has 208 valence electrons. The van der Waals surface area contributed by atoms with Crippen molar-refractivity contribution in [3.8, 4) is 0 Å². The first-order valence-electron chi connectivity index (χ1n) is 15.6. The molecule has 1 nitrogen and oxygen atoms in total. The average molecular weight is 539 g/mol. The van der Waals surface area contributed by atoms with Crippen LogP contribution in [0, 0.1) is 0 Å². The molecule has 2 aromatic carbocycles. The zero-order valence-electron chi connectivity index (χ0n) is 25.0. The van der Waals surface area contributed by atoms with E-state index in [-0.39, 0.29) is 0 Å². The molecule has 1 N–H and O–H groups in total. The minimum Gasteiger partial charge on any atom is -0.396 e. The van der Waals surface area contributed by atoms with E-state index >= 15 is 0 Å². The molecular formula is C34H58OSi2. The Bertz CT molecular complexity index is 780. The summed E-state index contributed by atoms with van der Waals surface area (Å²) in [4.78, 5) is -0.584. The highest BCUT2D eigenvalue weighted by molar-refractivity contribution is 7.09. The molecule has 37 heavy (non-hydrogen) atoms. The van der Waals surface area contributed by atoms with Crippen molar-refractivity contribution < 1.29 is 5.11 Å². The van der Waals surface area contributed by atoms with E-state index in [1.54, 1.807) is 0 Å². The van der Waals surface area contributed by atoms with E-state index in [0.717, 1.165) is 12.8 Å². The lowest BCUT2D eigenvalue weighted by Crippen LogP contribution is -2.77. The second-order valence-corrected chi connectivity index (χ2v) is 22.4. The molecule has 0 heterocycles. The van der Waals surface area contributed by atoms with Crippen molar-refractivity contribution in [2.75, 3.05) is 0 Å². The number of hydrogen-bond acceptors (Lipinski definition) is 1. The van der Waals surface area contributed by atoms with Gasteiger partial charge in [0.25, 0.3) is 0 Å². The molecule has 0 fully saturated rings. The van der Waals surface area contributed by atoms with Crippen LogP contribution in [0.3, 0.4) is 0 Å². The molecular weight excluding hydrogens is 481 g/mol. The molecule has 2 aromatic rings. The van der Waals surface area contributed by atoms with Gasteiger partial charge in [0, 0.05) is 0 Å². The van der Waals surface area contributed by atoms with Crippen LogP contribution >= 0.6 is 0 Å². The smallest absolute Gasteiger partial charge is 0.113 e. The molecule has 0 saturated carbocycles. The van der Waals surface area contributed by atoms with Gasteiger partial charge in [0.05, 0.1) is 4.85 Å². The van der Waals surface area contributed by atoms with Crippen LogP contribution in [0.1, 0.15) is 110 Å². The highest BCUT2D eigenvalue weighted by Crippen LogP contribution is 2.36. The maximum atomic E-state index is 12.7. The van der Waals surface area contributed by atoms with Gasteiger partial charge in [0.15, 0.2) is 0 Å². The molecule has 2 rings (SSSR count). The predicted molar refractivity (Wildman–Crippen MR) is 172 cm³/mol. The van der Waals surface area contributed by atoms with Crippen LogP contribution < -0.4 is 10.4 Å². The summed E-state index contributed by atoms with van der Waals surface area (Å²) in [7, 11) is -4.28. The van der Waals surface area contributed by atoms with Crippen molar-refractivity contribution in [1.82, 2.24) is 0 Å². The minimum absolute atomic E-state index is 0.584. The van der Waals surface area contributed by atoms with Gasteiger partial charge in [-0.25, -0.2) is 0 Å². The third kappa shape index (κ3) is 9.51. The van der Waals surface area contributed by atoms with Gasteiger partial charge >= 0.3 is 0 Å². The van der Waals surface area contributed by atoms with Crippen LogP contribution in [0.4, 0.5) is 0 Å². The zero-order chi connectivity index (χ0) is 27.0. The summed E-state index contributed by atoms with van der Waals surface area (Å²) >= 11 is 0. The van der Waals surface area contributed by atoms with Crippen molar-refractivity contribution in [2.45, 2.75) is 141 Å². The summed E-state index contributed by atoms with van der Waals surface area (Å²) in [5.41, 5.74) is 0. The first kappa shape index (κ1) is 32.0. The maximum absolute atomic E-state index is 12.7. The molecule has 0 atom stereocenters. The number of rotatable bonds is 20. The summed E-state index contributed by atoms with van der Waals surface area (Å²) < 4.78 is 0. The van der Waals surface area contributed by atoms with Crippen LogP contribution in [-0.4, -0.2) is 26.1 Å². The third-order valence-corrected chi connectivity index (χ3v) is 21.1. The van der Waals surface area contributed by atoms with Gasteiger partial charge in [0.2, 0.25) is 0 Å². The molecule has 0 radical (unpaired) electrons. The van der Waals surface area contributed by atoms with Gasteiger partial charge in [-0.3, -0.25) is 0 Å². The number of unbranched alkanes of at least 4 members (excludes halogenated alkanes) is 14. The highest BCUT2D eigenvalue weighted by Gasteiger charge is 2.56. The SMILES string of the molecule is CCCCCCCCCCCCCCCCCC(O)([Si](C)(C)c1ccccc1)[Si](C)(C)c1ccccc1. The van der Waals surface area contributed by atoms with Crippen molar-refractivity contribution in [2.24, 2.45) is 0 Å². The lowest BCUT2D eigenvalue weighted by molar-refractivity contribution is 0.176. The molecule has 3 heteroatoms. The Morgan fingerprint density at radius 3 is 1.11 bits per heavy atom. The normalized spacial score (nSPS) is 12.7. The second kappa shape index (κ2) is 16.7. The minimum atomic E-state index is -2.14. The predicted octanol–water partition coefficient (Wildman–Crippen LogP) is 9.29. The molecule has 0 aliphatic carbocycles. The topological polar surface area (TPSA) is 20.2 Å². The van der Waals surface area contributed by atoms with E-state index in [0.29, 0.717) is 0 Å². The molecule has 0 aliphatic heterocycles. The standard InChI is InChI=1S/C34H58OSi2/c1-6-7-8-9-10-11-12-13-14-15-16-17-18-19-26-31-34(35,36(2,3)32-27-22-20-23-28-32)37(4,5)33-29-24-21-25-30-33/h20-25,27-30,35H,6-19,26,31H2,1-5H3. The van der Waals surface area contributed by atoms with E-state index in [1.165, 1.54) is 100 Å². The Morgan fingerprint density at radius 2 is 0.784 bits per heavy atom. The van der Waals surface area contributed by atoms with E-state index in [2.05, 4.69) is 93.8 Å². The fourth-order valence-corrected chi connectivity index (χ4v) is 18.1. The van der Waals surface area contributed by atoms with Crippen molar-refractivity contribution in [3.63, 3.8) is 0 Å². The van der Waals surface area contributed by atoms with Crippen molar-refractivity contribution in [3.05, 3.63) is 60.7 Å². The Hall–Kier alpha value is -1.17. The summed E-state index contributed by atoms with van der Waals surface area (Å²) in [6.07, 6.45) is 21.6. The number of hydrogen-bond donors (Lipinski definition) is 1. The fraction of sp³-hybridized carbons (Fsp3) is 0.647. The number of aliphatic hydroxyl groups is 1. The highest BCUT2D eigenvalue weighted by atomic mass is 28.4. The van der Waals surface area contributed by atoms with E-state index < -0.39 is 21.0 Å². The Balaban J connectivity index is 1.81. The number of benzene rings is 2. The first-order valence-corrected chi connectivity index (χ1v) is 21.6. The van der Waals surface area contributed by atoms with Crippen LogP contribution in [-0.2, 0) is 0 Å². The fourth-order valence-electron chi connectivity index (χ4n) is 6.35.